The molecule has 0 aromatic carbocycles. The molecule has 7 rings (SSSR count). The Hall–Kier alpha value is -6.77. The maximum absolute atomic E-state index is 12.2. The van der Waals surface area contributed by atoms with Gasteiger partial charge >= 0.3 is 0 Å². The van der Waals surface area contributed by atoms with Crippen molar-refractivity contribution in [3.8, 4) is 0 Å². The van der Waals surface area contributed by atoms with Crippen molar-refractivity contribution in [2.75, 3.05) is 157 Å². The van der Waals surface area contributed by atoms with Gasteiger partial charge in [-0.3, -0.25) is 67.2 Å². The minimum Gasteiger partial charge on any atom is -0.369 e. The number of piperazine rings is 1. The topological polar surface area (TPSA) is 354 Å². The van der Waals surface area contributed by atoms with Crippen LogP contribution in [0, 0.1) is 61.6 Å². The number of ether oxygens (including phenoxy) is 5. The predicted octanol–water partition coefficient (Wildman–Crippen LogP) is 17.5. The summed E-state index contributed by atoms with van der Waals surface area (Å²) in [7, 11) is 0. The summed E-state index contributed by atoms with van der Waals surface area (Å²) in [5.74, 6) is 2.32. The molecule has 0 aliphatic carbocycles. The van der Waals surface area contributed by atoms with Gasteiger partial charge in [-0.1, -0.05) is 145 Å². The Morgan fingerprint density at radius 3 is 0.885 bits per heavy atom. The fourth-order valence-electron chi connectivity index (χ4n) is 17.1. The van der Waals surface area contributed by atoms with Crippen LogP contribution >= 0.6 is 0 Å². The minimum atomic E-state index is -0.363. The number of likely N-dealkylation sites (tertiary alicyclic amines) is 6. The van der Waals surface area contributed by atoms with Gasteiger partial charge in [0.1, 0.15) is 44.6 Å². The van der Waals surface area contributed by atoms with Crippen molar-refractivity contribution in [1.29, 1.82) is 0 Å². The number of nitrogens with one attached hydrogen (secondary N) is 5. The van der Waals surface area contributed by atoms with E-state index in [1.54, 1.807) is 0 Å². The van der Waals surface area contributed by atoms with Gasteiger partial charge in [-0.05, 0) is 265 Å². The Morgan fingerprint density at radius 2 is 0.581 bits per heavy atom. The lowest BCUT2D eigenvalue weighted by Gasteiger charge is -2.36. The van der Waals surface area contributed by atoms with Gasteiger partial charge < -0.3 is 84.6 Å². The number of hydrogen-bond donors (Lipinski definition) is 5. The molecule has 31 nitrogen and oxygen atoms in total. The van der Waals surface area contributed by atoms with E-state index < -0.39 is 0 Å². The van der Waals surface area contributed by atoms with Crippen LogP contribution < -0.4 is 26.6 Å². The zero-order valence-electron chi connectivity index (χ0n) is 101. The van der Waals surface area contributed by atoms with Crippen LogP contribution in [0.15, 0.2) is 0 Å². The van der Waals surface area contributed by atoms with Crippen LogP contribution in [0.3, 0.4) is 0 Å². The van der Waals surface area contributed by atoms with E-state index in [4.69, 9.17) is 23.7 Å². The van der Waals surface area contributed by atoms with Crippen LogP contribution in [0.2, 0.25) is 0 Å². The zero-order chi connectivity index (χ0) is 113. The summed E-state index contributed by atoms with van der Waals surface area (Å²) in [5, 5.41) is 15.5. The summed E-state index contributed by atoms with van der Waals surface area (Å²) in [5.41, 5.74) is 0.594. The summed E-state index contributed by atoms with van der Waals surface area (Å²) in [4.78, 5) is 172. The molecule has 5 N–H and O–H groups in total. The molecule has 7 aliphatic heterocycles. The van der Waals surface area contributed by atoms with E-state index in [0.29, 0.717) is 121 Å². The third-order valence-electron chi connectivity index (χ3n) is 26.9. The molecule has 7 saturated heterocycles. The number of hydrogen-bond acceptors (Lipinski definition) is 20. The Bertz CT molecular complexity index is 3770. The molecule has 862 valence electrons. The van der Waals surface area contributed by atoms with Crippen molar-refractivity contribution < 1.29 is 86.0 Å². The average molecular weight is 2100 g/mol. The third kappa shape index (κ3) is 69.1. The van der Waals surface area contributed by atoms with E-state index in [1.165, 1.54) is 0 Å². The Morgan fingerprint density at radius 1 is 0.291 bits per heavy atom. The van der Waals surface area contributed by atoms with Crippen molar-refractivity contribution in [2.45, 2.75) is 458 Å². The standard InChI is InChI=1S/C19H36N2O2.C18H35N3O2.C18H34N2O3.C18H33NO3.C17H31NO3.C15H28N2O3.C12H24N2O2/c1-18(2,3)10-7-16(22)21-13-8-15(9-14-21)17(23)20-12-11-19(4,5)6;1-17(2,3)9-10-19-16(23)14-7-11-21(12-8-14)15(22)13-20-18(4,5)6;1-14(2)23-13-17(22)20-11-8-15(9-12-20)19-16(21)7-6-10-18(3,4)5;1-14(2)22-13-17(21)19-11-8-15(9-12-19)16(20)7-6-10-18(3,4)5;1-16(2,3)11-14(19)13-7-9-18(10-8-13)15(20)12-21-17(4,5)6;1-11(2)20-10-13(18)17-8-6-12(7-9-17)16-14(19)15(3,4)5;1-10(2)13-5-7-14(8-6-13)12(15)9-16-11(3)4/h15H,7-14H2,1-6H3,(H,20,23);14,20H,7-13H2,1-6H3,(H,19,23);14-15H,6-13H2,1-5H3,(H,19,21);14-15H,6-13H2,1-5H3;13H,7-12H2,1-6H3;11-12H,6-10H2,1-5H3,(H,16,19);10-11H,5-9H2,1-4H3. The van der Waals surface area contributed by atoms with Crippen LogP contribution in [0.25, 0.3) is 0 Å². The van der Waals surface area contributed by atoms with Crippen LogP contribution in [0.1, 0.15) is 404 Å². The Kier molecular flexibility index (Phi) is 63.8. The molecule has 31 heteroatoms. The first-order valence-electron chi connectivity index (χ1n) is 56.7. The first kappa shape index (κ1) is 139. The van der Waals surface area contributed by atoms with Crippen LogP contribution in [-0.2, 0) is 86.0 Å². The van der Waals surface area contributed by atoms with E-state index in [0.717, 1.165) is 174 Å². The zero-order valence-corrected chi connectivity index (χ0v) is 101. The van der Waals surface area contributed by atoms with E-state index in [-0.39, 0.29) is 202 Å². The van der Waals surface area contributed by atoms with E-state index in [1.807, 2.05) is 131 Å². The Labute approximate surface area is 900 Å². The molecular formula is C117H221N13O18. The highest BCUT2D eigenvalue weighted by Crippen LogP contribution is 2.32. The SMILES string of the molecule is CC(C)(C)CC(=O)C1CCN(C(=O)COC(C)(C)C)CC1.CC(C)(C)CCNC(=O)C1CCN(C(=O)CCC(C)(C)C)CC1.CC(C)(C)CCNC(=O)C1CCN(C(=O)CNC(C)(C)C)CC1.CC(C)OCC(=O)N1CCC(C(=O)CCCC(C)(C)C)CC1.CC(C)OCC(=O)N1CCC(NC(=O)C(C)(C)C)CC1.CC(C)OCC(=O)N1CCC(NC(=O)CCCC(C)(C)C)CC1.CC(C)OCC(=O)N1CCN(C(C)C)CC1. The number of amides is 11. The summed E-state index contributed by atoms with van der Waals surface area (Å²) in [6.45, 7) is 91.2. The highest BCUT2D eigenvalue weighted by atomic mass is 16.5. The lowest BCUT2D eigenvalue weighted by atomic mass is 9.82. The second-order valence-electron chi connectivity index (χ2n) is 53.9. The second-order valence-corrected chi connectivity index (χ2v) is 53.9. The number of carbonyl (C=O) groups is 13. The van der Waals surface area contributed by atoms with Crippen molar-refractivity contribution in [3.63, 3.8) is 0 Å². The lowest BCUT2D eigenvalue weighted by molar-refractivity contribution is -0.143. The molecule has 7 fully saturated rings. The molecule has 148 heavy (non-hydrogen) atoms. The first-order valence-corrected chi connectivity index (χ1v) is 56.7. The van der Waals surface area contributed by atoms with Gasteiger partial charge in [0.2, 0.25) is 65.0 Å². The largest absolute Gasteiger partial charge is 0.369 e. The molecule has 0 spiro atoms. The summed E-state index contributed by atoms with van der Waals surface area (Å²) >= 11 is 0. The van der Waals surface area contributed by atoms with Crippen molar-refractivity contribution in [2.24, 2.45) is 61.6 Å². The van der Waals surface area contributed by atoms with Gasteiger partial charge in [0.25, 0.3) is 0 Å². The predicted molar refractivity (Wildman–Crippen MR) is 597 cm³/mol. The molecule has 0 aromatic heterocycles. The number of ketones is 2. The molecule has 11 amide bonds. The fourth-order valence-corrected chi connectivity index (χ4v) is 17.1. The van der Waals surface area contributed by atoms with Crippen molar-refractivity contribution in [1.82, 2.24) is 65.8 Å². The highest BCUT2D eigenvalue weighted by Gasteiger charge is 2.37. The summed E-state index contributed by atoms with van der Waals surface area (Å²) in [6.07, 6.45) is 19.4. The number of Topliss-reactive ketones (excluding diaryl/α,β-unsaturated/α-hetero) is 2. The lowest BCUT2D eigenvalue weighted by Crippen LogP contribution is -2.51. The van der Waals surface area contributed by atoms with Crippen LogP contribution in [0.5, 0.6) is 0 Å². The smallest absolute Gasteiger partial charge is 0.248 e. The van der Waals surface area contributed by atoms with Gasteiger partial charge in [-0.15, -0.1) is 0 Å². The molecule has 0 bridgehead atoms. The van der Waals surface area contributed by atoms with E-state index >= 15 is 0 Å². The normalized spacial score (nSPS) is 17.4. The Balaban J connectivity index is 0.000000865. The van der Waals surface area contributed by atoms with Crippen molar-refractivity contribution >= 4 is 76.5 Å². The molecule has 0 radical (unpaired) electrons. The van der Waals surface area contributed by atoms with E-state index in [2.05, 4.69) is 191 Å². The van der Waals surface area contributed by atoms with Crippen LogP contribution in [0.4, 0.5) is 0 Å². The highest BCUT2D eigenvalue weighted by molar-refractivity contribution is 5.85. The number of carbonyl (C=O) groups excluding carboxylic acids is 13. The molecule has 0 aromatic rings. The van der Waals surface area contributed by atoms with Crippen LogP contribution in [-0.4, -0.2) is 327 Å². The maximum Gasteiger partial charge on any atom is 0.248 e. The molecule has 7 aliphatic rings. The number of nitrogens with zero attached hydrogens (tertiary/aromatic N) is 8. The van der Waals surface area contributed by atoms with Crippen molar-refractivity contribution in [3.05, 3.63) is 0 Å². The molecular weight excluding hydrogens is 1880 g/mol. The number of piperidine rings is 6. The molecule has 7 heterocycles. The quantitative estimate of drug-likeness (QED) is 0.0389. The fraction of sp³-hybridized carbons (Fsp3) is 0.889. The van der Waals surface area contributed by atoms with Gasteiger partial charge in [0, 0.05) is 196 Å². The minimum absolute atomic E-state index is 0.0339. The molecule has 0 atom stereocenters. The summed E-state index contributed by atoms with van der Waals surface area (Å²) < 4.78 is 26.9. The first-order chi connectivity index (χ1) is 68.0. The molecule has 0 saturated carbocycles. The third-order valence-corrected chi connectivity index (χ3v) is 26.9. The second kappa shape index (κ2) is 67.8. The summed E-state index contributed by atoms with van der Waals surface area (Å²) in [6, 6.07) is 0.952. The monoisotopic (exact) mass is 2100 g/mol. The van der Waals surface area contributed by atoms with Gasteiger partial charge in [0.15, 0.2) is 0 Å². The average Bonchev–Trinajstić information content (AvgIpc) is 0.870. The van der Waals surface area contributed by atoms with Gasteiger partial charge in [-0.25, -0.2) is 0 Å². The van der Waals surface area contributed by atoms with Gasteiger partial charge in [0.05, 0.1) is 36.6 Å². The molecule has 0 unspecified atom stereocenters. The maximum atomic E-state index is 12.2. The van der Waals surface area contributed by atoms with Gasteiger partial charge in [-0.2, -0.15) is 0 Å². The van der Waals surface area contributed by atoms with E-state index in [9.17, 15) is 62.3 Å². The number of rotatable bonds is 36.